The van der Waals surface area contributed by atoms with E-state index in [0.29, 0.717) is 5.56 Å². The van der Waals surface area contributed by atoms with Crippen LogP contribution in [0.1, 0.15) is 31.4 Å². The van der Waals surface area contributed by atoms with Gasteiger partial charge in [-0.2, -0.15) is 0 Å². The van der Waals surface area contributed by atoms with E-state index < -0.39 is 159 Å². The topological polar surface area (TPSA) is 386 Å². The number of esters is 3. The Bertz CT molecular complexity index is 2250. The maximum Gasteiger partial charge on any atom is 0.337 e. The first kappa shape index (κ1) is 54.8. The van der Waals surface area contributed by atoms with Gasteiger partial charge in [-0.15, -0.1) is 0 Å². The fourth-order valence-corrected chi connectivity index (χ4v) is 8.07. The third-order valence-electron chi connectivity index (χ3n) is 12.1. The highest BCUT2D eigenvalue weighted by Gasteiger charge is 2.53. The lowest BCUT2D eigenvalue weighted by Gasteiger charge is -2.46. The molecule has 0 unspecified atom stereocenters. The van der Waals surface area contributed by atoms with Gasteiger partial charge in [-0.05, 0) is 61.7 Å². The second kappa shape index (κ2) is 24.3. The van der Waals surface area contributed by atoms with Gasteiger partial charge in [0.1, 0.15) is 67.6 Å². The molecule has 3 saturated heterocycles. The molecule has 3 fully saturated rings. The normalized spacial score (nSPS) is 34.8. The van der Waals surface area contributed by atoms with Crippen LogP contribution in [0.25, 0.3) is 6.08 Å². The molecule has 25 heteroatoms. The summed E-state index contributed by atoms with van der Waals surface area (Å²) >= 11 is 0. The monoisotopic (exact) mass is 1010 g/mol. The lowest BCUT2D eigenvalue weighted by atomic mass is 9.86. The van der Waals surface area contributed by atoms with E-state index in [2.05, 4.69) is 0 Å². The fourth-order valence-electron chi connectivity index (χ4n) is 8.07. The average molecular weight is 1010 g/mol. The minimum atomic E-state index is -1.95. The van der Waals surface area contributed by atoms with E-state index in [1.54, 1.807) is 0 Å². The molecule has 6 rings (SSSR count). The number of phenolic OH excluding ortho intramolecular Hbond substituents is 4. The Morgan fingerprint density at radius 2 is 1.37 bits per heavy atom. The van der Waals surface area contributed by atoms with Gasteiger partial charge in [-0.25, -0.2) is 9.59 Å². The molecule has 2 aromatic carbocycles. The first-order valence-corrected chi connectivity index (χ1v) is 22.2. The van der Waals surface area contributed by atoms with Crippen molar-refractivity contribution < 1.29 is 123 Å². The van der Waals surface area contributed by atoms with E-state index in [1.165, 1.54) is 50.3 Å². The highest BCUT2D eigenvalue weighted by atomic mass is 16.8. The smallest absolute Gasteiger partial charge is 0.337 e. The Morgan fingerprint density at radius 3 is 2.01 bits per heavy atom. The first-order valence-electron chi connectivity index (χ1n) is 22.2. The SMILES string of the molecule is C/C=C1/[C@H](O[C@@H]2O[C@H](CO)[C@@H](O)[C@H](O)[C@H]2O)OC=C(C(=O)OC)[C@H]1CC(=O)OC[C@H]1O[C@@H](OCCc2ccc(O)c(O)c2)[C@H](O)[C@@H](O[C@@H]2O[C@@H](C)[C@H](O)[C@@H](O)[C@H]2O)[C@@H]1OC(=O)/C=C/c1ccc(O)c(O)c1. The standard InChI is InChI=1S/C46H58O25/c1-4-22-23(24(42(61)62-3)17-65-43(22)71-46-38(59)36(57)34(55)29(16-47)67-46)15-32(53)64-18-30-40(69-31(52)10-7-20-5-8-25(48)27(50)13-20)41(70-45-37(58)35(56)33(54)19(2)66-45)39(60)44(68-30)63-12-11-21-6-9-26(49)28(51)14-21/h4-10,13-14,17,19,23,29-30,33-41,43-51,54-60H,11-12,15-16,18H2,1-3H3/b10-7+,22-4+/t19-,23-,29+,30+,33-,34+,35+,36-,37+,38+,39+,40+,41+,43-,44+,45-,46-/m0/s1. The number of hydrogen-bond acceptors (Lipinski definition) is 25. The maximum atomic E-state index is 14.0. The van der Waals surface area contributed by atoms with Crippen molar-refractivity contribution >= 4 is 24.0 Å². The molecule has 0 amide bonds. The van der Waals surface area contributed by atoms with E-state index in [0.717, 1.165) is 31.6 Å². The minimum Gasteiger partial charge on any atom is -0.504 e. The van der Waals surface area contributed by atoms with Crippen molar-refractivity contribution in [2.24, 2.45) is 5.92 Å². The Balaban J connectivity index is 1.28. The summed E-state index contributed by atoms with van der Waals surface area (Å²) in [6, 6.07) is 7.63. The lowest BCUT2D eigenvalue weighted by Crippen LogP contribution is -2.65. The van der Waals surface area contributed by atoms with E-state index in [-0.39, 0.29) is 35.5 Å². The number of benzene rings is 2. The van der Waals surface area contributed by atoms with Crippen LogP contribution in [0.4, 0.5) is 0 Å². The zero-order valence-electron chi connectivity index (χ0n) is 38.3. The molecular weight excluding hydrogens is 952 g/mol. The second-order valence-electron chi connectivity index (χ2n) is 16.8. The van der Waals surface area contributed by atoms with Crippen LogP contribution in [0.2, 0.25) is 0 Å². The number of carbonyl (C=O) groups excluding carboxylic acids is 3. The number of carbonyl (C=O) groups is 3. The fraction of sp³-hybridized carbons (Fsp3) is 0.543. The van der Waals surface area contributed by atoms with Crippen LogP contribution in [0.3, 0.4) is 0 Å². The van der Waals surface area contributed by atoms with Crippen LogP contribution in [0.15, 0.2) is 66.0 Å². The highest BCUT2D eigenvalue weighted by Crippen LogP contribution is 2.38. The molecule has 4 aliphatic heterocycles. The highest BCUT2D eigenvalue weighted by molar-refractivity contribution is 5.91. The molecule has 25 nitrogen and oxygen atoms in total. The molecular formula is C46H58O25. The van der Waals surface area contributed by atoms with Crippen LogP contribution in [0.5, 0.6) is 23.0 Å². The molecule has 0 aliphatic carbocycles. The number of methoxy groups -OCH3 is 1. The number of allylic oxidation sites excluding steroid dienone is 1. The largest absolute Gasteiger partial charge is 0.504 e. The Morgan fingerprint density at radius 1 is 0.718 bits per heavy atom. The van der Waals surface area contributed by atoms with Gasteiger partial charge in [-0.3, -0.25) is 4.79 Å². The maximum absolute atomic E-state index is 14.0. The molecule has 17 atom stereocenters. The van der Waals surface area contributed by atoms with E-state index in [9.17, 15) is 75.7 Å². The summed E-state index contributed by atoms with van der Waals surface area (Å²) in [5.41, 5.74) is 0.566. The van der Waals surface area contributed by atoms with Crippen molar-refractivity contribution in [1.82, 2.24) is 0 Å². The summed E-state index contributed by atoms with van der Waals surface area (Å²) in [4.78, 5) is 40.6. The molecule has 0 bridgehead atoms. The molecule has 71 heavy (non-hydrogen) atoms. The third kappa shape index (κ3) is 13.0. The zero-order valence-corrected chi connectivity index (χ0v) is 38.3. The number of aliphatic hydroxyl groups is 8. The average Bonchev–Trinajstić information content (AvgIpc) is 3.35. The molecule has 0 saturated carbocycles. The molecule has 0 radical (unpaired) electrons. The van der Waals surface area contributed by atoms with Crippen molar-refractivity contribution in [3.05, 3.63) is 77.1 Å². The van der Waals surface area contributed by atoms with E-state index >= 15 is 0 Å². The van der Waals surface area contributed by atoms with Crippen molar-refractivity contribution in [1.29, 1.82) is 0 Å². The van der Waals surface area contributed by atoms with Crippen LogP contribution in [-0.4, -0.2) is 205 Å². The predicted octanol–water partition coefficient (Wildman–Crippen LogP) is -2.28. The van der Waals surface area contributed by atoms with Crippen LogP contribution < -0.4 is 0 Å². The summed E-state index contributed by atoms with van der Waals surface area (Å²) < 4.78 is 57.0. The van der Waals surface area contributed by atoms with Gasteiger partial charge >= 0.3 is 17.9 Å². The summed E-state index contributed by atoms with van der Waals surface area (Å²) in [7, 11) is 1.07. The van der Waals surface area contributed by atoms with Gasteiger partial charge in [0.15, 0.2) is 48.0 Å². The third-order valence-corrected chi connectivity index (χ3v) is 12.1. The quantitative estimate of drug-likeness (QED) is 0.0261. The number of aromatic hydroxyl groups is 4. The summed E-state index contributed by atoms with van der Waals surface area (Å²) in [5, 5.41) is 124. The summed E-state index contributed by atoms with van der Waals surface area (Å²) in [6.07, 6.45) is -23.3. The van der Waals surface area contributed by atoms with Crippen molar-refractivity contribution in [2.75, 3.05) is 26.9 Å². The molecule has 4 aliphatic rings. The summed E-state index contributed by atoms with van der Waals surface area (Å²) in [5.74, 6) is -6.12. The Kier molecular flexibility index (Phi) is 18.8. The van der Waals surface area contributed by atoms with Crippen molar-refractivity contribution in [3.8, 4) is 23.0 Å². The molecule has 392 valence electrons. The van der Waals surface area contributed by atoms with Crippen LogP contribution >= 0.6 is 0 Å². The van der Waals surface area contributed by atoms with Gasteiger partial charge in [-0.1, -0.05) is 18.2 Å². The van der Waals surface area contributed by atoms with Gasteiger partial charge in [0.25, 0.3) is 0 Å². The van der Waals surface area contributed by atoms with Gasteiger partial charge in [0, 0.05) is 17.6 Å². The predicted molar refractivity (Wildman–Crippen MR) is 233 cm³/mol. The van der Waals surface area contributed by atoms with Gasteiger partial charge in [0.05, 0.1) is 44.7 Å². The minimum absolute atomic E-state index is 0.0587. The van der Waals surface area contributed by atoms with Crippen LogP contribution in [0, 0.1) is 5.92 Å². The summed E-state index contributed by atoms with van der Waals surface area (Å²) in [6.45, 7) is 1.02. The van der Waals surface area contributed by atoms with E-state index in [1.807, 2.05) is 0 Å². The lowest BCUT2D eigenvalue weighted by molar-refractivity contribution is -0.357. The molecule has 0 aromatic heterocycles. The first-order chi connectivity index (χ1) is 33.8. The van der Waals surface area contributed by atoms with Crippen molar-refractivity contribution in [2.45, 2.75) is 125 Å². The molecule has 4 heterocycles. The molecule has 0 spiro atoms. The van der Waals surface area contributed by atoms with Gasteiger partial charge in [0.2, 0.25) is 6.29 Å². The molecule has 12 N–H and O–H groups in total. The number of ether oxygens (including phenoxy) is 10. The zero-order chi connectivity index (χ0) is 51.8. The number of phenols is 4. The number of rotatable bonds is 17. The van der Waals surface area contributed by atoms with Crippen molar-refractivity contribution in [3.63, 3.8) is 0 Å². The van der Waals surface area contributed by atoms with Gasteiger partial charge < -0.3 is 109 Å². The Hall–Kier alpha value is -5.49. The van der Waals surface area contributed by atoms with E-state index in [4.69, 9.17) is 47.4 Å². The molecule has 2 aromatic rings. The second-order valence-corrected chi connectivity index (χ2v) is 16.8. The van der Waals surface area contributed by atoms with Crippen LogP contribution in [-0.2, 0) is 68.2 Å². The number of aliphatic hydroxyl groups excluding tert-OH is 8. The Labute approximate surface area is 404 Å². The number of hydrogen-bond donors (Lipinski definition) is 12.